The van der Waals surface area contributed by atoms with Crippen LogP contribution in [0.1, 0.15) is 19.3 Å². The van der Waals surface area contributed by atoms with Crippen molar-refractivity contribution in [2.24, 2.45) is 5.41 Å². The molecule has 0 heterocycles. The van der Waals surface area contributed by atoms with Gasteiger partial charge in [-0.15, -0.1) is 6.58 Å². The number of carbonyl (C=O) groups is 1. The number of allylic oxidation sites excluding steroid dienone is 1. The molecule has 4 nitrogen and oxygen atoms in total. The van der Waals surface area contributed by atoms with E-state index in [1.165, 1.54) is 6.08 Å². The average molecular weight is 188 g/mol. The normalized spacial score (nSPS) is 14.9. The Bertz CT molecular complexity index is 178. The molecule has 0 radical (unpaired) electrons. The summed E-state index contributed by atoms with van der Waals surface area (Å²) in [6.07, 6.45) is 2.34. The molecule has 0 aromatic carbocycles. The van der Waals surface area contributed by atoms with Gasteiger partial charge in [-0.1, -0.05) is 6.08 Å². The van der Waals surface area contributed by atoms with Gasteiger partial charge in [-0.3, -0.25) is 4.79 Å². The largest absolute Gasteiger partial charge is 0.481 e. The predicted molar refractivity (Wildman–Crippen MR) is 48.3 cm³/mol. The van der Waals surface area contributed by atoms with Crippen LogP contribution in [0.3, 0.4) is 0 Å². The van der Waals surface area contributed by atoms with Crippen molar-refractivity contribution in [1.29, 1.82) is 0 Å². The number of carboxylic acids is 1. The van der Waals surface area contributed by atoms with Crippen LogP contribution in [0.4, 0.5) is 0 Å². The average Bonchev–Trinajstić information content (AvgIpc) is 2.12. The number of rotatable bonds is 7. The molecule has 0 aromatic rings. The number of hydrogen-bond acceptors (Lipinski definition) is 3. The summed E-state index contributed by atoms with van der Waals surface area (Å²) in [6, 6.07) is 0. The van der Waals surface area contributed by atoms with Crippen molar-refractivity contribution in [2.45, 2.75) is 19.3 Å². The molecule has 0 fully saturated rings. The minimum absolute atomic E-state index is 0.0633. The van der Waals surface area contributed by atoms with Crippen molar-refractivity contribution in [2.75, 3.05) is 13.2 Å². The van der Waals surface area contributed by atoms with Crippen molar-refractivity contribution in [1.82, 2.24) is 0 Å². The maximum atomic E-state index is 10.9. The van der Waals surface area contributed by atoms with E-state index in [1.807, 2.05) is 0 Å². The monoisotopic (exact) mass is 188 g/mol. The van der Waals surface area contributed by atoms with Gasteiger partial charge in [0, 0.05) is 6.61 Å². The zero-order valence-corrected chi connectivity index (χ0v) is 7.57. The van der Waals surface area contributed by atoms with E-state index in [1.54, 1.807) is 0 Å². The van der Waals surface area contributed by atoms with Crippen LogP contribution in [0, 0.1) is 5.41 Å². The molecule has 0 amide bonds. The summed E-state index contributed by atoms with van der Waals surface area (Å²) in [5.74, 6) is -1.04. The highest BCUT2D eigenvalue weighted by Gasteiger charge is 2.35. The number of hydrogen-bond donors (Lipinski definition) is 3. The van der Waals surface area contributed by atoms with Crippen LogP contribution in [0.5, 0.6) is 0 Å². The zero-order chi connectivity index (χ0) is 10.3. The molecule has 0 aliphatic rings. The molecule has 3 N–H and O–H groups in total. The zero-order valence-electron chi connectivity index (χ0n) is 7.57. The van der Waals surface area contributed by atoms with Crippen LogP contribution < -0.4 is 0 Å². The lowest BCUT2D eigenvalue weighted by Gasteiger charge is -2.25. The first-order chi connectivity index (χ1) is 6.13. The second-order valence-electron chi connectivity index (χ2n) is 3.06. The second-order valence-corrected chi connectivity index (χ2v) is 3.06. The Balaban J connectivity index is 4.43. The number of aliphatic hydroxyl groups is 2. The van der Waals surface area contributed by atoms with Crippen LogP contribution >= 0.6 is 0 Å². The fraction of sp³-hybridized carbons (Fsp3) is 0.667. The highest BCUT2D eigenvalue weighted by atomic mass is 16.4. The van der Waals surface area contributed by atoms with Crippen molar-refractivity contribution in [3.8, 4) is 0 Å². The molecule has 0 spiro atoms. The quantitative estimate of drug-likeness (QED) is 0.505. The number of aliphatic hydroxyl groups excluding tert-OH is 2. The first-order valence-corrected chi connectivity index (χ1v) is 4.19. The van der Waals surface area contributed by atoms with Gasteiger partial charge < -0.3 is 15.3 Å². The van der Waals surface area contributed by atoms with Crippen LogP contribution in [-0.4, -0.2) is 34.5 Å². The van der Waals surface area contributed by atoms with Gasteiger partial charge in [0.05, 0.1) is 12.0 Å². The SMILES string of the molecule is C=CC[C@](CO)(CCCO)C(=O)O. The Morgan fingerprint density at radius 3 is 2.38 bits per heavy atom. The minimum atomic E-state index is -1.16. The summed E-state index contributed by atoms with van der Waals surface area (Å²) >= 11 is 0. The lowest BCUT2D eigenvalue weighted by molar-refractivity contribution is -0.152. The molecule has 76 valence electrons. The first-order valence-electron chi connectivity index (χ1n) is 4.19. The number of carboxylic acid groups (broad SMARTS) is 1. The van der Waals surface area contributed by atoms with Crippen molar-refractivity contribution in [3.63, 3.8) is 0 Å². The Kier molecular flexibility index (Phi) is 5.34. The van der Waals surface area contributed by atoms with Crippen molar-refractivity contribution in [3.05, 3.63) is 12.7 Å². The summed E-state index contributed by atoms with van der Waals surface area (Å²) < 4.78 is 0. The van der Waals surface area contributed by atoms with E-state index in [4.69, 9.17) is 15.3 Å². The van der Waals surface area contributed by atoms with E-state index < -0.39 is 18.0 Å². The van der Waals surface area contributed by atoms with Gasteiger partial charge in [0.2, 0.25) is 0 Å². The molecule has 4 heteroatoms. The molecule has 0 aliphatic carbocycles. The maximum absolute atomic E-state index is 10.9. The Morgan fingerprint density at radius 2 is 2.08 bits per heavy atom. The summed E-state index contributed by atoms with van der Waals surface area (Å²) in [6.45, 7) is 2.96. The second kappa shape index (κ2) is 5.72. The van der Waals surface area contributed by atoms with E-state index in [9.17, 15) is 4.79 Å². The van der Waals surface area contributed by atoms with Gasteiger partial charge in [0.25, 0.3) is 0 Å². The summed E-state index contributed by atoms with van der Waals surface area (Å²) in [5, 5.41) is 26.5. The highest BCUT2D eigenvalue weighted by molar-refractivity contribution is 5.75. The summed E-state index contributed by atoms with van der Waals surface area (Å²) in [4.78, 5) is 10.9. The van der Waals surface area contributed by atoms with Crippen LogP contribution in [0.15, 0.2) is 12.7 Å². The van der Waals surface area contributed by atoms with Crippen molar-refractivity contribution >= 4 is 5.97 Å². The molecule has 1 atom stereocenters. The Morgan fingerprint density at radius 1 is 1.46 bits per heavy atom. The molecule has 13 heavy (non-hydrogen) atoms. The molecule has 0 aliphatic heterocycles. The van der Waals surface area contributed by atoms with E-state index in [0.29, 0.717) is 6.42 Å². The van der Waals surface area contributed by atoms with Gasteiger partial charge in [-0.25, -0.2) is 0 Å². The smallest absolute Gasteiger partial charge is 0.312 e. The molecule has 0 saturated carbocycles. The molecule has 0 aromatic heterocycles. The Labute approximate surface area is 77.5 Å². The third kappa shape index (κ3) is 3.16. The highest BCUT2D eigenvalue weighted by Crippen LogP contribution is 2.28. The van der Waals surface area contributed by atoms with Crippen LogP contribution in [0.2, 0.25) is 0 Å². The van der Waals surface area contributed by atoms with Gasteiger partial charge in [-0.2, -0.15) is 0 Å². The van der Waals surface area contributed by atoms with Crippen molar-refractivity contribution < 1.29 is 20.1 Å². The van der Waals surface area contributed by atoms with E-state index >= 15 is 0 Å². The molecule has 0 unspecified atom stereocenters. The minimum Gasteiger partial charge on any atom is -0.481 e. The summed E-state index contributed by atoms with van der Waals surface area (Å²) in [5.41, 5.74) is -1.16. The van der Waals surface area contributed by atoms with Crippen LogP contribution in [0.25, 0.3) is 0 Å². The molecular formula is C9H16O4. The predicted octanol–water partition coefficient (Wildman–Crippen LogP) is 0.398. The summed E-state index contributed by atoms with van der Waals surface area (Å²) in [7, 11) is 0. The van der Waals surface area contributed by atoms with Gasteiger partial charge >= 0.3 is 5.97 Å². The molecule has 0 rings (SSSR count). The fourth-order valence-corrected chi connectivity index (χ4v) is 1.20. The lowest BCUT2D eigenvalue weighted by atomic mass is 9.81. The van der Waals surface area contributed by atoms with E-state index in [0.717, 1.165) is 0 Å². The lowest BCUT2D eigenvalue weighted by Crippen LogP contribution is -2.34. The van der Waals surface area contributed by atoms with Crippen LogP contribution in [-0.2, 0) is 4.79 Å². The standard InChI is InChI=1S/C9H16O4/c1-2-4-9(7-11,8(12)13)5-3-6-10/h2,10-11H,1,3-7H2,(H,12,13)/t9-/m1/s1. The maximum Gasteiger partial charge on any atom is 0.312 e. The van der Waals surface area contributed by atoms with E-state index in [-0.39, 0.29) is 19.4 Å². The molecular weight excluding hydrogens is 172 g/mol. The topological polar surface area (TPSA) is 77.8 Å². The fourth-order valence-electron chi connectivity index (χ4n) is 1.20. The van der Waals surface area contributed by atoms with Gasteiger partial charge in [-0.05, 0) is 19.3 Å². The van der Waals surface area contributed by atoms with E-state index in [2.05, 4.69) is 6.58 Å². The number of aliphatic carboxylic acids is 1. The third-order valence-corrected chi connectivity index (χ3v) is 2.10. The van der Waals surface area contributed by atoms with Gasteiger partial charge in [0.15, 0.2) is 0 Å². The Hall–Kier alpha value is -0.870. The first kappa shape index (κ1) is 12.1. The molecule has 0 bridgehead atoms. The van der Waals surface area contributed by atoms with Gasteiger partial charge in [0.1, 0.15) is 0 Å². The molecule has 0 saturated heterocycles. The third-order valence-electron chi connectivity index (χ3n) is 2.10.